The number of amides is 2. The van der Waals surface area contributed by atoms with Gasteiger partial charge in [-0.3, -0.25) is 4.79 Å². The molecular weight excluding hydrogens is 239 g/mol. The lowest BCUT2D eigenvalue weighted by Gasteiger charge is -2.19. The average molecular weight is 252 g/mol. The standard InChI is InChI=1S/C12H13FN2O3/c1-2-7-15(8-11(16)17)12(18)14-10-5-3-9(13)4-6-10/h2-6H,1,7-8H2,(H,14,18)(H,16,17). The number of urea groups is 1. The summed E-state index contributed by atoms with van der Waals surface area (Å²) in [5.74, 6) is -1.53. The van der Waals surface area contributed by atoms with Crippen LogP contribution in [0.15, 0.2) is 36.9 Å². The van der Waals surface area contributed by atoms with Gasteiger partial charge < -0.3 is 15.3 Å². The Morgan fingerprint density at radius 1 is 1.39 bits per heavy atom. The highest BCUT2D eigenvalue weighted by Gasteiger charge is 2.15. The molecule has 0 heterocycles. The number of carboxylic acids is 1. The quantitative estimate of drug-likeness (QED) is 0.787. The summed E-state index contributed by atoms with van der Waals surface area (Å²) in [7, 11) is 0. The van der Waals surface area contributed by atoms with E-state index < -0.39 is 24.4 Å². The fourth-order valence-electron chi connectivity index (χ4n) is 1.27. The van der Waals surface area contributed by atoms with Gasteiger partial charge in [-0.1, -0.05) is 6.08 Å². The van der Waals surface area contributed by atoms with Crippen molar-refractivity contribution in [3.63, 3.8) is 0 Å². The van der Waals surface area contributed by atoms with Gasteiger partial charge >= 0.3 is 12.0 Å². The second-order valence-electron chi connectivity index (χ2n) is 3.50. The van der Waals surface area contributed by atoms with Crippen LogP contribution in [0.3, 0.4) is 0 Å². The minimum atomic E-state index is -1.12. The van der Waals surface area contributed by atoms with Crippen LogP contribution in [-0.4, -0.2) is 35.1 Å². The molecule has 0 saturated heterocycles. The maximum atomic E-state index is 12.7. The fraction of sp³-hybridized carbons (Fsp3) is 0.167. The second kappa shape index (κ2) is 6.39. The summed E-state index contributed by atoms with van der Waals surface area (Å²) in [5, 5.41) is 11.1. The molecule has 0 aromatic heterocycles. The minimum Gasteiger partial charge on any atom is -0.480 e. The van der Waals surface area contributed by atoms with Crippen molar-refractivity contribution in [2.75, 3.05) is 18.4 Å². The summed E-state index contributed by atoms with van der Waals surface area (Å²) in [6, 6.07) is 4.60. The van der Waals surface area contributed by atoms with Crippen LogP contribution in [0.1, 0.15) is 0 Å². The van der Waals surface area contributed by atoms with Gasteiger partial charge in [0.1, 0.15) is 12.4 Å². The van der Waals surface area contributed by atoms with Crippen LogP contribution >= 0.6 is 0 Å². The Morgan fingerprint density at radius 2 is 2.00 bits per heavy atom. The van der Waals surface area contributed by atoms with E-state index in [4.69, 9.17) is 5.11 Å². The molecule has 0 radical (unpaired) electrons. The number of benzene rings is 1. The van der Waals surface area contributed by atoms with Crippen molar-refractivity contribution in [2.45, 2.75) is 0 Å². The molecule has 6 heteroatoms. The first-order valence-corrected chi connectivity index (χ1v) is 5.17. The lowest BCUT2D eigenvalue weighted by Crippen LogP contribution is -2.38. The average Bonchev–Trinajstić information content (AvgIpc) is 2.31. The van der Waals surface area contributed by atoms with E-state index in [1.54, 1.807) is 0 Å². The predicted molar refractivity (Wildman–Crippen MR) is 64.8 cm³/mol. The Morgan fingerprint density at radius 3 is 2.50 bits per heavy atom. The molecule has 0 saturated carbocycles. The lowest BCUT2D eigenvalue weighted by atomic mass is 10.3. The molecule has 2 amide bonds. The summed E-state index contributed by atoms with van der Waals surface area (Å²) in [5.41, 5.74) is 0.390. The Labute approximate surface area is 104 Å². The Kier molecular flexibility index (Phi) is 4.86. The molecule has 0 aliphatic carbocycles. The molecule has 0 unspecified atom stereocenters. The Balaban J connectivity index is 2.68. The van der Waals surface area contributed by atoms with E-state index in [-0.39, 0.29) is 6.54 Å². The van der Waals surface area contributed by atoms with Crippen LogP contribution in [0.25, 0.3) is 0 Å². The van der Waals surface area contributed by atoms with Crippen molar-refractivity contribution >= 4 is 17.7 Å². The minimum absolute atomic E-state index is 0.110. The third kappa shape index (κ3) is 4.25. The van der Waals surface area contributed by atoms with Gasteiger partial charge in [0, 0.05) is 12.2 Å². The van der Waals surface area contributed by atoms with E-state index in [2.05, 4.69) is 11.9 Å². The third-order valence-electron chi connectivity index (χ3n) is 2.06. The van der Waals surface area contributed by atoms with E-state index in [1.807, 2.05) is 0 Å². The highest BCUT2D eigenvalue weighted by molar-refractivity contribution is 5.91. The number of aliphatic carboxylic acids is 1. The number of halogens is 1. The molecule has 5 nitrogen and oxygen atoms in total. The van der Waals surface area contributed by atoms with Crippen LogP contribution in [0.5, 0.6) is 0 Å². The Bertz CT molecular complexity index is 445. The van der Waals surface area contributed by atoms with Crippen LogP contribution in [-0.2, 0) is 4.79 Å². The van der Waals surface area contributed by atoms with Gasteiger partial charge in [0.15, 0.2) is 0 Å². The number of carboxylic acid groups (broad SMARTS) is 1. The van der Waals surface area contributed by atoms with Crippen molar-refractivity contribution < 1.29 is 19.1 Å². The summed E-state index contributed by atoms with van der Waals surface area (Å²) < 4.78 is 12.7. The monoisotopic (exact) mass is 252 g/mol. The summed E-state index contributed by atoms with van der Waals surface area (Å²) >= 11 is 0. The maximum Gasteiger partial charge on any atom is 0.323 e. The number of carbonyl (C=O) groups excluding carboxylic acids is 1. The maximum absolute atomic E-state index is 12.7. The van der Waals surface area contributed by atoms with Gasteiger partial charge in [-0.25, -0.2) is 9.18 Å². The summed E-state index contributed by atoms with van der Waals surface area (Å²) in [4.78, 5) is 23.4. The van der Waals surface area contributed by atoms with Crippen molar-refractivity contribution in [2.24, 2.45) is 0 Å². The summed E-state index contributed by atoms with van der Waals surface area (Å²) in [6.07, 6.45) is 1.42. The second-order valence-corrected chi connectivity index (χ2v) is 3.50. The van der Waals surface area contributed by atoms with Crippen molar-refractivity contribution in [1.82, 2.24) is 4.90 Å². The van der Waals surface area contributed by atoms with Gasteiger partial charge in [0.05, 0.1) is 0 Å². The number of carbonyl (C=O) groups is 2. The molecule has 0 spiro atoms. The van der Waals surface area contributed by atoms with E-state index in [0.29, 0.717) is 5.69 Å². The van der Waals surface area contributed by atoms with Crippen molar-refractivity contribution in [3.8, 4) is 0 Å². The van der Waals surface area contributed by atoms with Gasteiger partial charge in [-0.2, -0.15) is 0 Å². The zero-order valence-electron chi connectivity index (χ0n) is 9.60. The SMILES string of the molecule is C=CCN(CC(=O)O)C(=O)Nc1ccc(F)cc1. The molecule has 1 aromatic rings. The number of hydrogen-bond donors (Lipinski definition) is 2. The van der Waals surface area contributed by atoms with E-state index in [0.717, 1.165) is 4.90 Å². The molecule has 96 valence electrons. The number of nitrogens with zero attached hydrogens (tertiary/aromatic N) is 1. The van der Waals surface area contributed by atoms with E-state index in [9.17, 15) is 14.0 Å². The first kappa shape index (κ1) is 13.7. The third-order valence-corrected chi connectivity index (χ3v) is 2.06. The van der Waals surface area contributed by atoms with Gasteiger partial charge in [0.25, 0.3) is 0 Å². The van der Waals surface area contributed by atoms with Crippen molar-refractivity contribution in [1.29, 1.82) is 0 Å². The zero-order chi connectivity index (χ0) is 13.5. The lowest BCUT2D eigenvalue weighted by molar-refractivity contribution is -0.137. The molecular formula is C12H13FN2O3. The van der Waals surface area contributed by atoms with Crippen LogP contribution in [0, 0.1) is 5.82 Å². The molecule has 0 aliphatic heterocycles. The van der Waals surface area contributed by atoms with E-state index >= 15 is 0 Å². The largest absolute Gasteiger partial charge is 0.480 e. The number of rotatable bonds is 5. The van der Waals surface area contributed by atoms with Crippen molar-refractivity contribution in [3.05, 3.63) is 42.7 Å². The Hall–Kier alpha value is -2.37. The van der Waals surface area contributed by atoms with E-state index in [1.165, 1.54) is 30.3 Å². The predicted octanol–water partition coefficient (Wildman–Crippen LogP) is 1.93. The summed E-state index contributed by atoms with van der Waals surface area (Å²) in [6.45, 7) is 3.12. The first-order chi connectivity index (χ1) is 8.52. The van der Waals surface area contributed by atoms with Gasteiger partial charge in [-0.05, 0) is 24.3 Å². The molecule has 2 N–H and O–H groups in total. The molecule has 0 aliphatic rings. The van der Waals surface area contributed by atoms with Crippen LogP contribution in [0.4, 0.5) is 14.9 Å². The molecule has 0 fully saturated rings. The van der Waals surface area contributed by atoms with Crippen LogP contribution < -0.4 is 5.32 Å². The molecule has 0 bridgehead atoms. The molecule has 1 aromatic carbocycles. The van der Waals surface area contributed by atoms with Gasteiger partial charge in [0.2, 0.25) is 0 Å². The number of nitrogens with one attached hydrogen (secondary N) is 1. The van der Waals surface area contributed by atoms with Gasteiger partial charge in [-0.15, -0.1) is 6.58 Å². The highest BCUT2D eigenvalue weighted by atomic mass is 19.1. The van der Waals surface area contributed by atoms with Crippen LogP contribution in [0.2, 0.25) is 0 Å². The molecule has 0 atom stereocenters. The molecule has 1 rings (SSSR count). The highest BCUT2D eigenvalue weighted by Crippen LogP contribution is 2.09. The first-order valence-electron chi connectivity index (χ1n) is 5.17. The smallest absolute Gasteiger partial charge is 0.323 e. The topological polar surface area (TPSA) is 69.6 Å². The number of anilines is 1. The molecule has 18 heavy (non-hydrogen) atoms. The normalized spacial score (nSPS) is 9.61. The zero-order valence-corrected chi connectivity index (χ0v) is 9.60. The number of hydrogen-bond acceptors (Lipinski definition) is 2. The fourth-order valence-corrected chi connectivity index (χ4v) is 1.27.